The minimum absolute atomic E-state index is 0.0315. The molecule has 31 heavy (non-hydrogen) atoms. The van der Waals surface area contributed by atoms with Gasteiger partial charge in [-0.2, -0.15) is 23.3 Å². The molecule has 3 heterocycles. The van der Waals surface area contributed by atoms with Crippen LogP contribution in [0, 0.1) is 20.8 Å². The van der Waals surface area contributed by atoms with Crippen molar-refractivity contribution in [3.05, 3.63) is 63.8 Å². The van der Waals surface area contributed by atoms with Crippen molar-refractivity contribution in [2.75, 3.05) is 5.32 Å². The quantitative estimate of drug-likeness (QED) is 0.507. The Balaban J connectivity index is 1.72. The number of hydrogen-bond acceptors (Lipinski definition) is 5. The molecule has 0 saturated heterocycles. The van der Waals surface area contributed by atoms with Gasteiger partial charge < -0.3 is 5.32 Å². The van der Waals surface area contributed by atoms with E-state index in [1.807, 2.05) is 0 Å². The number of hydrogen-bond donors (Lipinski definition) is 1. The highest BCUT2D eigenvalue weighted by Crippen LogP contribution is 2.34. The molecule has 1 aromatic carbocycles. The Labute approximate surface area is 178 Å². The lowest BCUT2D eigenvalue weighted by Gasteiger charge is -2.13. The maximum Gasteiger partial charge on any atom is 0.416 e. The maximum absolute atomic E-state index is 13.1. The van der Waals surface area contributed by atoms with Crippen molar-refractivity contribution < 1.29 is 18.0 Å². The molecule has 12 heteroatoms. The molecule has 4 aromatic rings. The average Bonchev–Trinajstić information content (AvgIpc) is 3.24. The van der Waals surface area contributed by atoms with Gasteiger partial charge in [-0.3, -0.25) is 4.79 Å². The molecular weight excluding hydrogens is 435 g/mol. The number of carbonyl (C=O) groups is 1. The summed E-state index contributed by atoms with van der Waals surface area (Å²) in [6.45, 7) is 5.22. The van der Waals surface area contributed by atoms with E-state index >= 15 is 0 Å². The zero-order valence-corrected chi connectivity index (χ0v) is 17.2. The first-order valence-corrected chi connectivity index (χ1v) is 9.37. The molecular formula is C19H15ClF3N7O. The Morgan fingerprint density at radius 2 is 1.77 bits per heavy atom. The highest BCUT2D eigenvalue weighted by Gasteiger charge is 2.31. The van der Waals surface area contributed by atoms with E-state index in [1.165, 1.54) is 10.6 Å². The second kappa shape index (κ2) is 7.34. The highest BCUT2D eigenvalue weighted by atomic mass is 35.5. The van der Waals surface area contributed by atoms with E-state index in [2.05, 4.69) is 25.5 Å². The van der Waals surface area contributed by atoms with Crippen LogP contribution in [-0.4, -0.2) is 35.3 Å². The number of aryl methyl sites for hydroxylation is 3. The average molecular weight is 450 g/mol. The Morgan fingerprint density at radius 1 is 1.03 bits per heavy atom. The molecule has 8 nitrogen and oxygen atoms in total. The number of rotatable bonds is 3. The lowest BCUT2D eigenvalue weighted by molar-refractivity contribution is -0.137. The molecule has 0 spiro atoms. The SMILES string of the molecule is Cc1cc(C)n2nc(C(=O)Nc3cc(C)nn3-c3cc(C(F)(F)F)ccc3Cl)nc2n1. The Bertz CT molecular complexity index is 1330. The summed E-state index contributed by atoms with van der Waals surface area (Å²) >= 11 is 6.12. The summed E-state index contributed by atoms with van der Waals surface area (Å²) in [5.41, 5.74) is 0.995. The third kappa shape index (κ3) is 3.96. The van der Waals surface area contributed by atoms with E-state index in [-0.39, 0.29) is 28.1 Å². The fourth-order valence-electron chi connectivity index (χ4n) is 3.06. The second-order valence-electron chi connectivity index (χ2n) is 6.89. The molecule has 1 amide bonds. The molecule has 3 aromatic heterocycles. The van der Waals surface area contributed by atoms with Gasteiger partial charge in [0.15, 0.2) is 0 Å². The number of aromatic nitrogens is 6. The number of alkyl halides is 3. The summed E-state index contributed by atoms with van der Waals surface area (Å²) < 4.78 is 42.0. The van der Waals surface area contributed by atoms with Crippen molar-refractivity contribution in [3.8, 4) is 5.69 Å². The van der Waals surface area contributed by atoms with Crippen LogP contribution in [0.25, 0.3) is 11.5 Å². The van der Waals surface area contributed by atoms with Crippen molar-refractivity contribution in [1.82, 2.24) is 29.4 Å². The number of nitrogens with one attached hydrogen (secondary N) is 1. The van der Waals surface area contributed by atoms with E-state index in [0.717, 1.165) is 34.3 Å². The number of amides is 1. The zero-order chi connectivity index (χ0) is 22.5. The Morgan fingerprint density at radius 3 is 2.48 bits per heavy atom. The van der Waals surface area contributed by atoms with Crippen LogP contribution in [0.15, 0.2) is 30.3 Å². The first-order chi connectivity index (χ1) is 14.5. The van der Waals surface area contributed by atoms with Gasteiger partial charge in [0.1, 0.15) is 5.82 Å². The van der Waals surface area contributed by atoms with E-state index in [9.17, 15) is 18.0 Å². The van der Waals surface area contributed by atoms with Crippen LogP contribution in [0.4, 0.5) is 19.0 Å². The lowest BCUT2D eigenvalue weighted by Crippen LogP contribution is -2.17. The monoisotopic (exact) mass is 449 g/mol. The van der Waals surface area contributed by atoms with Gasteiger partial charge in [-0.15, -0.1) is 5.10 Å². The topological polar surface area (TPSA) is 90.0 Å². The molecule has 0 saturated carbocycles. The van der Waals surface area contributed by atoms with Gasteiger partial charge in [0.25, 0.3) is 11.7 Å². The molecule has 0 atom stereocenters. The maximum atomic E-state index is 13.1. The van der Waals surface area contributed by atoms with Gasteiger partial charge >= 0.3 is 6.18 Å². The molecule has 160 valence electrons. The number of benzene rings is 1. The summed E-state index contributed by atoms with van der Waals surface area (Å²) in [6.07, 6.45) is -4.56. The molecule has 0 unspecified atom stereocenters. The predicted octanol–water partition coefficient (Wildman–Crippen LogP) is 4.16. The number of halogens is 4. The summed E-state index contributed by atoms with van der Waals surface area (Å²) in [5, 5.41) is 10.9. The van der Waals surface area contributed by atoms with Gasteiger partial charge in [-0.05, 0) is 45.0 Å². The zero-order valence-electron chi connectivity index (χ0n) is 16.5. The van der Waals surface area contributed by atoms with E-state index in [4.69, 9.17) is 11.6 Å². The molecule has 0 fully saturated rings. The fourth-order valence-corrected chi connectivity index (χ4v) is 3.26. The van der Waals surface area contributed by atoms with Crippen molar-refractivity contribution in [2.24, 2.45) is 0 Å². The molecule has 0 aliphatic rings. The van der Waals surface area contributed by atoms with Gasteiger partial charge in [-0.25, -0.2) is 14.2 Å². The molecule has 0 radical (unpaired) electrons. The minimum atomic E-state index is -4.56. The van der Waals surface area contributed by atoms with Crippen LogP contribution in [0.1, 0.15) is 33.3 Å². The standard InChI is InChI=1S/C19H15ClF3N7O/c1-9-6-11(3)29-18(24-9)26-16(28-29)17(31)25-15-7-10(2)27-30(15)14-8-12(19(21,22)23)4-5-13(14)20/h4-8H,1-3H3,(H,25,31). The van der Waals surface area contributed by atoms with E-state index in [0.29, 0.717) is 5.69 Å². The van der Waals surface area contributed by atoms with Crippen LogP contribution < -0.4 is 5.32 Å². The van der Waals surface area contributed by atoms with Crippen LogP contribution in [0.2, 0.25) is 5.02 Å². The predicted molar refractivity (Wildman–Crippen MR) is 107 cm³/mol. The van der Waals surface area contributed by atoms with Crippen LogP contribution in [0.3, 0.4) is 0 Å². The van der Waals surface area contributed by atoms with Crippen LogP contribution >= 0.6 is 11.6 Å². The number of anilines is 1. The third-order valence-electron chi connectivity index (χ3n) is 4.40. The number of nitrogens with zero attached hydrogens (tertiary/aromatic N) is 6. The lowest BCUT2D eigenvalue weighted by atomic mass is 10.2. The van der Waals surface area contributed by atoms with Crippen LogP contribution in [-0.2, 0) is 6.18 Å². The van der Waals surface area contributed by atoms with Crippen molar-refractivity contribution in [2.45, 2.75) is 26.9 Å². The third-order valence-corrected chi connectivity index (χ3v) is 4.72. The highest BCUT2D eigenvalue weighted by molar-refractivity contribution is 6.32. The molecule has 1 N–H and O–H groups in total. The van der Waals surface area contributed by atoms with E-state index in [1.54, 1.807) is 26.8 Å². The van der Waals surface area contributed by atoms with Gasteiger partial charge in [0.05, 0.1) is 22.0 Å². The second-order valence-corrected chi connectivity index (χ2v) is 7.29. The summed E-state index contributed by atoms with van der Waals surface area (Å²) in [7, 11) is 0. The number of carbonyl (C=O) groups excluding carboxylic acids is 1. The Hall–Kier alpha value is -3.47. The molecule has 0 aliphatic carbocycles. The van der Waals surface area contributed by atoms with Gasteiger partial charge in [0, 0.05) is 17.5 Å². The summed E-state index contributed by atoms with van der Waals surface area (Å²) in [5.74, 6) is -0.453. The minimum Gasteiger partial charge on any atom is -0.304 e. The molecule has 4 rings (SSSR count). The van der Waals surface area contributed by atoms with Crippen molar-refractivity contribution in [3.63, 3.8) is 0 Å². The first-order valence-electron chi connectivity index (χ1n) is 8.99. The summed E-state index contributed by atoms with van der Waals surface area (Å²) in [4.78, 5) is 21.1. The van der Waals surface area contributed by atoms with Crippen molar-refractivity contribution in [1.29, 1.82) is 0 Å². The van der Waals surface area contributed by atoms with E-state index < -0.39 is 17.6 Å². The summed E-state index contributed by atoms with van der Waals surface area (Å²) in [6, 6.07) is 6.15. The largest absolute Gasteiger partial charge is 0.416 e. The number of fused-ring (bicyclic) bond motifs is 1. The molecule has 0 bridgehead atoms. The molecule has 0 aliphatic heterocycles. The fraction of sp³-hybridized carbons (Fsp3) is 0.211. The van der Waals surface area contributed by atoms with Crippen LogP contribution in [0.5, 0.6) is 0 Å². The van der Waals surface area contributed by atoms with Gasteiger partial charge in [0.2, 0.25) is 5.82 Å². The Kier molecular flexibility index (Phi) is 4.92. The smallest absolute Gasteiger partial charge is 0.304 e. The van der Waals surface area contributed by atoms with Crippen molar-refractivity contribution >= 4 is 29.1 Å². The van der Waals surface area contributed by atoms with Gasteiger partial charge in [-0.1, -0.05) is 11.6 Å². The first kappa shape index (κ1) is 20.8. The normalized spacial score (nSPS) is 11.8.